The fourth-order valence-corrected chi connectivity index (χ4v) is 9.93. The molecule has 5 rings (SSSR count). The number of sulfonamides is 1. The van der Waals surface area contributed by atoms with Gasteiger partial charge in [-0.1, -0.05) is 18.6 Å². The Bertz CT molecular complexity index is 1220. The summed E-state index contributed by atoms with van der Waals surface area (Å²) in [5, 5.41) is 19.1. The maximum atomic E-state index is 14.0. The molecule has 12 heteroatoms. The molecule has 10 atom stereocenters. The summed E-state index contributed by atoms with van der Waals surface area (Å²) in [6.45, 7) is 5.12. The van der Waals surface area contributed by atoms with Crippen molar-refractivity contribution in [3.05, 3.63) is 35.6 Å². The van der Waals surface area contributed by atoms with Crippen LogP contribution in [0.3, 0.4) is 0 Å². The Morgan fingerprint density at radius 1 is 1.09 bits per heavy atom. The first-order valence-corrected chi connectivity index (χ1v) is 17.5. The fourth-order valence-electron chi connectivity index (χ4n) is 8.12. The number of rotatable bonds is 9. The number of benzene rings is 1. The van der Waals surface area contributed by atoms with Crippen molar-refractivity contribution in [3.63, 3.8) is 0 Å². The lowest BCUT2D eigenvalue weighted by atomic mass is 9.74. The van der Waals surface area contributed by atoms with Crippen molar-refractivity contribution in [2.24, 2.45) is 11.8 Å². The summed E-state index contributed by atoms with van der Waals surface area (Å²) in [6, 6.07) is 4.91. The number of ether oxygens (including phenoxy) is 1. The number of halogens is 1. The lowest BCUT2D eigenvalue weighted by molar-refractivity contribution is -0.126. The zero-order valence-electron chi connectivity index (χ0n) is 25.2. The predicted octanol–water partition coefficient (Wildman–Crippen LogP) is 3.58. The number of hydrogen-bond donors (Lipinski definition) is 4. The van der Waals surface area contributed by atoms with E-state index < -0.39 is 33.9 Å². The van der Waals surface area contributed by atoms with Crippen LogP contribution < -0.4 is 16.0 Å². The number of hydrogen-bond acceptors (Lipinski definition) is 6. The topological polar surface area (TPSA) is 137 Å². The number of carbonyl (C=O) groups is 2. The van der Waals surface area contributed by atoms with E-state index in [1.807, 2.05) is 13.8 Å². The molecule has 0 radical (unpaired) electrons. The molecule has 240 valence electrons. The van der Waals surface area contributed by atoms with Gasteiger partial charge in [0.2, 0.25) is 15.9 Å². The minimum Gasteiger partial charge on any atom is -0.465 e. The van der Waals surface area contributed by atoms with Gasteiger partial charge in [-0.05, 0) is 94.7 Å². The highest BCUT2D eigenvalue weighted by atomic mass is 32.2. The first-order valence-electron chi connectivity index (χ1n) is 15.9. The van der Waals surface area contributed by atoms with Gasteiger partial charge in [-0.2, -0.15) is 4.31 Å². The van der Waals surface area contributed by atoms with E-state index in [0.717, 1.165) is 32.1 Å². The standard InChI is InChI=1S/C31H47FN4O6S/c1-19-15-23(16-20(2)42-19)28(22-8-11-24(32)12-9-22)29(35-31(38)39)30(37)34-27-7-3-5-21(27)10-13-26-17-33-25-6-4-14-43(40,41)36(26)18-25/h8-9,11-12,19-21,23,25-29,33,35H,3-7,10,13-18H2,1-2H3,(H,34,37)(H,38,39)/t19-,20+,21-,23+,25-,26+,27+,28+,29+/m1/s1. The smallest absolute Gasteiger partial charge is 0.405 e. The van der Waals surface area contributed by atoms with Crippen molar-refractivity contribution < 1.29 is 32.2 Å². The van der Waals surface area contributed by atoms with Crippen LogP contribution >= 0.6 is 0 Å². The maximum absolute atomic E-state index is 14.0. The molecule has 1 saturated carbocycles. The SMILES string of the molecule is C[C@@H]1C[C@H]([C@H](c2ccc(F)cc2)[C@H](NC(=O)O)C(=O)N[C@H]2CCC[C@@H]2CC[C@H]2CN[C@@H]3CCCS(=O)(=O)N2C3)C[C@H](C)O1. The second kappa shape index (κ2) is 13.8. The Morgan fingerprint density at radius 2 is 1.81 bits per heavy atom. The average molecular weight is 623 g/mol. The molecular weight excluding hydrogens is 575 g/mol. The monoisotopic (exact) mass is 622 g/mol. The van der Waals surface area contributed by atoms with E-state index in [9.17, 15) is 27.5 Å². The minimum absolute atomic E-state index is 0.0515. The van der Waals surface area contributed by atoms with Gasteiger partial charge in [0.05, 0.1) is 18.0 Å². The molecule has 1 aromatic carbocycles. The zero-order valence-corrected chi connectivity index (χ0v) is 26.0. The van der Waals surface area contributed by atoms with Gasteiger partial charge in [-0.3, -0.25) is 4.79 Å². The third kappa shape index (κ3) is 7.87. The molecule has 4 N–H and O–H groups in total. The van der Waals surface area contributed by atoms with Gasteiger partial charge in [0, 0.05) is 37.1 Å². The fraction of sp³-hybridized carbons (Fsp3) is 0.742. The number of fused-ring (bicyclic) bond motifs is 2. The van der Waals surface area contributed by atoms with E-state index >= 15 is 0 Å². The number of nitrogens with zero attached hydrogens (tertiary/aromatic N) is 1. The van der Waals surface area contributed by atoms with Gasteiger partial charge >= 0.3 is 6.09 Å². The molecule has 1 unspecified atom stereocenters. The molecule has 1 aromatic rings. The van der Waals surface area contributed by atoms with Gasteiger partial charge in [-0.25, -0.2) is 17.6 Å². The molecule has 4 aliphatic rings. The molecule has 4 fully saturated rings. The van der Waals surface area contributed by atoms with Crippen molar-refractivity contribution in [2.45, 2.75) is 114 Å². The summed E-state index contributed by atoms with van der Waals surface area (Å²) >= 11 is 0. The zero-order chi connectivity index (χ0) is 30.7. The van der Waals surface area contributed by atoms with Gasteiger partial charge in [0.15, 0.2) is 0 Å². The summed E-state index contributed by atoms with van der Waals surface area (Å²) < 4.78 is 47.4. The van der Waals surface area contributed by atoms with Gasteiger partial charge in [0.25, 0.3) is 0 Å². The highest BCUT2D eigenvalue weighted by Gasteiger charge is 2.42. The van der Waals surface area contributed by atoms with Crippen LogP contribution in [0.1, 0.15) is 83.1 Å². The summed E-state index contributed by atoms with van der Waals surface area (Å²) in [4.78, 5) is 26.0. The largest absolute Gasteiger partial charge is 0.465 e. The van der Waals surface area contributed by atoms with Gasteiger partial charge in [-0.15, -0.1) is 0 Å². The molecule has 2 amide bonds. The minimum atomic E-state index is -3.27. The van der Waals surface area contributed by atoms with Crippen LogP contribution in [0.5, 0.6) is 0 Å². The highest BCUT2D eigenvalue weighted by Crippen LogP contribution is 2.39. The van der Waals surface area contributed by atoms with E-state index in [1.54, 1.807) is 16.4 Å². The Kier molecular flexibility index (Phi) is 10.3. The Labute approximate surface area is 254 Å². The molecule has 0 spiro atoms. The van der Waals surface area contributed by atoms with E-state index in [4.69, 9.17) is 4.74 Å². The third-order valence-electron chi connectivity index (χ3n) is 10.0. The average Bonchev–Trinajstić information content (AvgIpc) is 3.34. The van der Waals surface area contributed by atoms with Crippen LogP contribution in [-0.2, 0) is 19.6 Å². The Hall–Kier alpha value is -2.28. The van der Waals surface area contributed by atoms with Crippen LogP contribution in [0.4, 0.5) is 9.18 Å². The molecule has 2 bridgehead atoms. The van der Waals surface area contributed by atoms with E-state index in [2.05, 4.69) is 16.0 Å². The van der Waals surface area contributed by atoms with E-state index in [-0.39, 0.29) is 53.8 Å². The maximum Gasteiger partial charge on any atom is 0.405 e. The van der Waals surface area contributed by atoms with Crippen molar-refractivity contribution >= 4 is 22.0 Å². The molecule has 3 saturated heterocycles. The third-order valence-corrected chi connectivity index (χ3v) is 12.0. The summed E-state index contributed by atoms with van der Waals surface area (Å²) in [5.74, 6) is -0.952. The van der Waals surface area contributed by atoms with E-state index in [0.29, 0.717) is 44.3 Å². The first kappa shape index (κ1) is 32.1. The summed E-state index contributed by atoms with van der Waals surface area (Å²) in [6.07, 6.45) is 5.60. The molecule has 43 heavy (non-hydrogen) atoms. The molecule has 0 aromatic heterocycles. The summed E-state index contributed by atoms with van der Waals surface area (Å²) in [5.41, 5.74) is 0.714. The van der Waals surface area contributed by atoms with Crippen molar-refractivity contribution in [1.29, 1.82) is 0 Å². The molecule has 3 heterocycles. The van der Waals surface area contributed by atoms with Gasteiger partial charge in [0.1, 0.15) is 11.9 Å². The quantitative estimate of drug-likeness (QED) is 0.331. The number of amides is 2. The Morgan fingerprint density at radius 3 is 2.51 bits per heavy atom. The first-order chi connectivity index (χ1) is 20.5. The lowest BCUT2D eigenvalue weighted by Crippen LogP contribution is -2.57. The molecule has 1 aliphatic carbocycles. The second-order valence-corrected chi connectivity index (χ2v) is 15.2. The lowest BCUT2D eigenvalue weighted by Gasteiger charge is -2.40. The number of piperazine rings is 1. The highest BCUT2D eigenvalue weighted by molar-refractivity contribution is 7.89. The molecule has 3 aliphatic heterocycles. The van der Waals surface area contributed by atoms with Crippen molar-refractivity contribution in [2.75, 3.05) is 18.8 Å². The van der Waals surface area contributed by atoms with Gasteiger partial charge < -0.3 is 25.8 Å². The normalized spacial score (nSPS) is 35.3. The van der Waals surface area contributed by atoms with Crippen molar-refractivity contribution in [3.8, 4) is 0 Å². The second-order valence-electron chi connectivity index (χ2n) is 13.2. The van der Waals surface area contributed by atoms with Crippen LogP contribution in [0.25, 0.3) is 0 Å². The van der Waals surface area contributed by atoms with E-state index in [1.165, 1.54) is 12.1 Å². The summed E-state index contributed by atoms with van der Waals surface area (Å²) in [7, 11) is -3.27. The molecule has 10 nitrogen and oxygen atoms in total. The van der Waals surface area contributed by atoms with Crippen LogP contribution in [0.15, 0.2) is 24.3 Å². The van der Waals surface area contributed by atoms with Crippen LogP contribution in [0.2, 0.25) is 0 Å². The van der Waals surface area contributed by atoms with Crippen LogP contribution in [-0.4, -0.2) is 85.0 Å². The van der Waals surface area contributed by atoms with Crippen LogP contribution in [0, 0.1) is 17.7 Å². The number of nitrogens with one attached hydrogen (secondary N) is 3. The predicted molar refractivity (Wildman–Crippen MR) is 161 cm³/mol. The number of carbonyl (C=O) groups excluding carboxylic acids is 1. The molecular formula is C31H47FN4O6S. The number of carboxylic acid groups (broad SMARTS) is 1. The van der Waals surface area contributed by atoms with Crippen molar-refractivity contribution in [1.82, 2.24) is 20.3 Å². The Balaban J connectivity index is 1.31.